The molecule has 2 aromatic rings. The van der Waals surface area contributed by atoms with Gasteiger partial charge in [0.25, 0.3) is 0 Å². The lowest BCUT2D eigenvalue weighted by Crippen LogP contribution is -2.47. The summed E-state index contributed by atoms with van der Waals surface area (Å²) in [4.78, 5) is 16.9. The molecule has 3 fully saturated rings. The largest absolute Gasteiger partial charge is 0.344 e. The third-order valence-corrected chi connectivity index (χ3v) is 6.33. The molecular weight excluding hydrogens is 343 g/mol. The summed E-state index contributed by atoms with van der Waals surface area (Å²) in [6, 6.07) is 15.6. The zero-order valence-electron chi connectivity index (χ0n) is 15.4. The summed E-state index contributed by atoms with van der Waals surface area (Å²) in [5.74, 6) is -0.00925. The summed E-state index contributed by atoms with van der Waals surface area (Å²) in [5.41, 5.74) is 2.19. The third-order valence-electron chi connectivity index (χ3n) is 6.33. The summed E-state index contributed by atoms with van der Waals surface area (Å²) in [6.45, 7) is 3.88. The molecule has 4 nitrogen and oxygen atoms in total. The maximum atomic E-state index is 13.9. The molecule has 3 atom stereocenters. The SMILES string of the molecule is Cc1ccc(CN2CC[C@@]34O[C@@H](c5ccccc5)CN3C(=O)C[C@@H]24)cc1F. The first-order valence-corrected chi connectivity index (χ1v) is 9.59. The monoisotopic (exact) mass is 366 g/mol. The van der Waals surface area contributed by atoms with E-state index >= 15 is 0 Å². The Hall–Kier alpha value is -2.24. The van der Waals surface area contributed by atoms with Crippen LogP contribution in [0.15, 0.2) is 48.5 Å². The van der Waals surface area contributed by atoms with Crippen LogP contribution in [-0.4, -0.2) is 40.6 Å². The molecule has 1 spiro atoms. The highest BCUT2D eigenvalue weighted by Crippen LogP contribution is 2.50. The fraction of sp³-hybridized carbons (Fsp3) is 0.409. The van der Waals surface area contributed by atoms with Crippen LogP contribution in [0.3, 0.4) is 0 Å². The number of aryl methyl sites for hydroxylation is 1. The number of likely N-dealkylation sites (tertiary alicyclic amines) is 1. The summed E-state index contributed by atoms with van der Waals surface area (Å²) in [5, 5.41) is 0. The standard InChI is InChI=1S/C22H23FN2O2/c1-15-7-8-16(11-18(15)23)13-24-10-9-22-20(24)12-21(26)25(22)14-19(27-22)17-5-3-2-4-6-17/h2-8,11,19-20H,9-10,12-14H2,1H3/t19-,20-,22+/m1/s1. The number of hydrogen-bond acceptors (Lipinski definition) is 3. The van der Waals surface area contributed by atoms with Gasteiger partial charge >= 0.3 is 0 Å². The summed E-state index contributed by atoms with van der Waals surface area (Å²) in [7, 11) is 0. The molecule has 0 radical (unpaired) electrons. The first-order valence-electron chi connectivity index (χ1n) is 9.59. The normalized spacial score (nSPS) is 30.0. The molecule has 3 saturated heterocycles. The minimum Gasteiger partial charge on any atom is -0.344 e. The average Bonchev–Trinajstić information content (AvgIpc) is 3.29. The molecular formula is C22H23FN2O2. The second kappa shape index (κ2) is 6.14. The molecule has 0 aliphatic carbocycles. The lowest BCUT2D eigenvalue weighted by Gasteiger charge is -2.32. The van der Waals surface area contributed by atoms with Crippen molar-refractivity contribution in [3.05, 3.63) is 71.0 Å². The van der Waals surface area contributed by atoms with Crippen molar-refractivity contribution < 1.29 is 13.9 Å². The molecule has 0 unspecified atom stereocenters. The maximum Gasteiger partial charge on any atom is 0.226 e. The van der Waals surface area contributed by atoms with Crippen LogP contribution in [0.25, 0.3) is 0 Å². The van der Waals surface area contributed by atoms with Crippen LogP contribution in [0.5, 0.6) is 0 Å². The van der Waals surface area contributed by atoms with Gasteiger partial charge in [-0.2, -0.15) is 0 Å². The van der Waals surface area contributed by atoms with Crippen molar-refractivity contribution in [2.45, 2.75) is 44.2 Å². The smallest absolute Gasteiger partial charge is 0.226 e. The second-order valence-corrected chi connectivity index (χ2v) is 7.89. The number of carbonyl (C=O) groups excluding carboxylic acids is 1. The van der Waals surface area contributed by atoms with E-state index in [4.69, 9.17) is 4.74 Å². The minimum absolute atomic E-state index is 0.0306. The van der Waals surface area contributed by atoms with E-state index in [2.05, 4.69) is 17.0 Å². The predicted octanol–water partition coefficient (Wildman–Crippen LogP) is 3.41. The number of benzene rings is 2. The van der Waals surface area contributed by atoms with Gasteiger partial charge in [0.15, 0.2) is 5.72 Å². The molecule has 0 bridgehead atoms. The van der Waals surface area contributed by atoms with Crippen LogP contribution in [-0.2, 0) is 16.1 Å². The van der Waals surface area contributed by atoms with Gasteiger partial charge < -0.3 is 9.64 Å². The summed E-state index contributed by atoms with van der Waals surface area (Å²) in [6.07, 6.45) is 1.21. The third kappa shape index (κ3) is 2.60. The number of nitrogens with zero attached hydrogens (tertiary/aromatic N) is 2. The highest BCUT2D eigenvalue weighted by atomic mass is 19.1. The zero-order valence-corrected chi connectivity index (χ0v) is 15.4. The molecule has 5 heteroatoms. The van der Waals surface area contributed by atoms with E-state index in [0.717, 1.165) is 24.1 Å². The molecule has 27 heavy (non-hydrogen) atoms. The van der Waals surface area contributed by atoms with E-state index < -0.39 is 5.72 Å². The number of hydrogen-bond donors (Lipinski definition) is 0. The van der Waals surface area contributed by atoms with Crippen LogP contribution in [0.1, 0.15) is 35.6 Å². The zero-order chi connectivity index (χ0) is 18.6. The second-order valence-electron chi connectivity index (χ2n) is 7.89. The van der Waals surface area contributed by atoms with Crippen molar-refractivity contribution in [1.82, 2.24) is 9.80 Å². The molecule has 1 amide bonds. The van der Waals surface area contributed by atoms with Crippen molar-refractivity contribution in [2.24, 2.45) is 0 Å². The molecule has 0 saturated carbocycles. The fourth-order valence-electron chi connectivity index (χ4n) is 4.91. The Kier molecular flexibility index (Phi) is 3.85. The van der Waals surface area contributed by atoms with Gasteiger partial charge in [-0.05, 0) is 29.7 Å². The Balaban J connectivity index is 1.39. The number of halogens is 1. The predicted molar refractivity (Wildman–Crippen MR) is 99.3 cm³/mol. The number of ether oxygens (including phenoxy) is 1. The topological polar surface area (TPSA) is 32.8 Å². The van der Waals surface area contributed by atoms with Gasteiger partial charge in [-0.25, -0.2) is 4.39 Å². The van der Waals surface area contributed by atoms with Gasteiger partial charge in [0.2, 0.25) is 5.91 Å². The van der Waals surface area contributed by atoms with E-state index in [9.17, 15) is 9.18 Å². The average molecular weight is 366 g/mol. The van der Waals surface area contributed by atoms with E-state index in [0.29, 0.717) is 25.1 Å². The van der Waals surface area contributed by atoms with Crippen LogP contribution in [0.4, 0.5) is 4.39 Å². The van der Waals surface area contributed by atoms with Crippen molar-refractivity contribution in [2.75, 3.05) is 13.1 Å². The van der Waals surface area contributed by atoms with Gasteiger partial charge in [-0.3, -0.25) is 9.69 Å². The molecule has 0 aromatic heterocycles. The first kappa shape index (κ1) is 16.9. The van der Waals surface area contributed by atoms with Gasteiger partial charge in [0, 0.05) is 25.9 Å². The van der Waals surface area contributed by atoms with Gasteiger partial charge in [-0.15, -0.1) is 0 Å². The molecule has 3 aliphatic rings. The lowest BCUT2D eigenvalue weighted by atomic mass is 10.1. The molecule has 2 aromatic carbocycles. The molecule has 140 valence electrons. The molecule has 5 rings (SSSR count). The van der Waals surface area contributed by atoms with E-state index in [1.165, 1.54) is 0 Å². The van der Waals surface area contributed by atoms with Crippen LogP contribution < -0.4 is 0 Å². The first-order chi connectivity index (χ1) is 13.1. The van der Waals surface area contributed by atoms with Crippen molar-refractivity contribution in [3.63, 3.8) is 0 Å². The lowest BCUT2D eigenvalue weighted by molar-refractivity contribution is -0.138. The Labute approximate surface area is 158 Å². The summed E-state index contributed by atoms with van der Waals surface area (Å²) < 4.78 is 20.5. The van der Waals surface area contributed by atoms with Gasteiger partial charge in [0.1, 0.15) is 11.9 Å². The van der Waals surface area contributed by atoms with Crippen LogP contribution >= 0.6 is 0 Å². The van der Waals surface area contributed by atoms with Crippen molar-refractivity contribution in [1.29, 1.82) is 0 Å². The van der Waals surface area contributed by atoms with Gasteiger partial charge in [0.05, 0.1) is 12.6 Å². The quantitative estimate of drug-likeness (QED) is 0.835. The Morgan fingerprint density at radius 2 is 2.04 bits per heavy atom. The maximum absolute atomic E-state index is 13.9. The fourth-order valence-corrected chi connectivity index (χ4v) is 4.91. The van der Waals surface area contributed by atoms with Crippen LogP contribution in [0.2, 0.25) is 0 Å². The molecule has 0 N–H and O–H groups in total. The van der Waals surface area contributed by atoms with Crippen molar-refractivity contribution >= 4 is 5.91 Å². The number of amides is 1. The van der Waals surface area contributed by atoms with E-state index in [-0.39, 0.29) is 23.9 Å². The molecule has 3 heterocycles. The summed E-state index contributed by atoms with van der Waals surface area (Å²) >= 11 is 0. The van der Waals surface area contributed by atoms with E-state index in [1.54, 1.807) is 13.0 Å². The number of rotatable bonds is 3. The molecule has 3 aliphatic heterocycles. The highest BCUT2D eigenvalue weighted by molar-refractivity contribution is 5.81. The number of carbonyl (C=O) groups is 1. The Bertz CT molecular complexity index is 887. The van der Waals surface area contributed by atoms with E-state index in [1.807, 2.05) is 35.2 Å². The van der Waals surface area contributed by atoms with Crippen molar-refractivity contribution in [3.8, 4) is 0 Å². The Morgan fingerprint density at radius 3 is 2.81 bits per heavy atom. The minimum atomic E-state index is -0.527. The highest BCUT2D eigenvalue weighted by Gasteiger charge is 2.63. The Morgan fingerprint density at radius 1 is 1.22 bits per heavy atom. The van der Waals surface area contributed by atoms with Crippen LogP contribution in [0, 0.1) is 12.7 Å². The van der Waals surface area contributed by atoms with Gasteiger partial charge in [-0.1, -0.05) is 42.5 Å².